The van der Waals surface area contributed by atoms with Crippen LogP contribution in [-0.4, -0.2) is 10.8 Å². The Bertz CT molecular complexity index is 337. The number of ketones is 1. The smallest absolute Gasteiger partial charge is 0.191 e. The topological polar surface area (TPSA) is 56.0 Å². The number of carbonyl (C=O) groups is 1. The highest BCUT2D eigenvalue weighted by Crippen LogP contribution is 2.07. The van der Waals surface area contributed by atoms with Crippen molar-refractivity contribution in [3.63, 3.8) is 0 Å². The molecule has 68 valence electrons. The Morgan fingerprint density at radius 2 is 2.15 bits per heavy atom. The van der Waals surface area contributed by atoms with Gasteiger partial charge in [-0.15, -0.1) is 0 Å². The lowest BCUT2D eigenvalue weighted by Crippen LogP contribution is -2.07. The van der Waals surface area contributed by atoms with E-state index in [9.17, 15) is 4.79 Å². The van der Waals surface area contributed by atoms with Gasteiger partial charge in [0, 0.05) is 29.2 Å². The second kappa shape index (κ2) is 3.85. The Balaban J connectivity index is 3.00. The third-order valence-electron chi connectivity index (χ3n) is 1.86. The SMILES string of the molecule is CC(N)=C(C)C(=O)c1cccnc1. The van der Waals surface area contributed by atoms with E-state index in [-0.39, 0.29) is 5.78 Å². The molecule has 0 spiro atoms. The van der Waals surface area contributed by atoms with Crippen molar-refractivity contribution in [3.8, 4) is 0 Å². The van der Waals surface area contributed by atoms with Gasteiger partial charge in [-0.1, -0.05) is 0 Å². The number of hydrogen-bond acceptors (Lipinski definition) is 3. The zero-order chi connectivity index (χ0) is 9.84. The van der Waals surface area contributed by atoms with Crippen molar-refractivity contribution in [2.45, 2.75) is 13.8 Å². The molecule has 0 aliphatic carbocycles. The lowest BCUT2D eigenvalue weighted by Gasteiger charge is -2.01. The Morgan fingerprint density at radius 3 is 2.62 bits per heavy atom. The number of allylic oxidation sites excluding steroid dienone is 2. The minimum atomic E-state index is -0.0619. The van der Waals surface area contributed by atoms with Gasteiger partial charge in [-0.3, -0.25) is 9.78 Å². The van der Waals surface area contributed by atoms with Gasteiger partial charge in [0.2, 0.25) is 0 Å². The third kappa shape index (κ3) is 2.15. The molecule has 1 heterocycles. The molecule has 0 saturated carbocycles. The molecule has 0 radical (unpaired) electrons. The number of rotatable bonds is 2. The second-order valence-electron chi connectivity index (χ2n) is 2.88. The molecule has 0 unspecified atom stereocenters. The van der Waals surface area contributed by atoms with Crippen molar-refractivity contribution in [2.24, 2.45) is 5.73 Å². The second-order valence-corrected chi connectivity index (χ2v) is 2.88. The molecular weight excluding hydrogens is 164 g/mol. The standard InChI is InChI=1S/C10H12N2O/c1-7(8(2)11)10(13)9-4-3-5-12-6-9/h3-6H,11H2,1-2H3. The Labute approximate surface area is 77.3 Å². The first-order valence-electron chi connectivity index (χ1n) is 4.00. The zero-order valence-electron chi connectivity index (χ0n) is 7.74. The molecule has 0 aliphatic rings. The van der Waals surface area contributed by atoms with Crippen LogP contribution in [0, 0.1) is 0 Å². The highest BCUT2D eigenvalue weighted by molar-refractivity contribution is 6.08. The largest absolute Gasteiger partial charge is 0.402 e. The number of nitrogens with zero attached hydrogens (tertiary/aromatic N) is 1. The summed E-state index contributed by atoms with van der Waals surface area (Å²) in [4.78, 5) is 15.5. The molecule has 0 bridgehead atoms. The van der Waals surface area contributed by atoms with E-state index in [1.807, 2.05) is 0 Å². The van der Waals surface area contributed by atoms with Gasteiger partial charge in [-0.05, 0) is 26.0 Å². The summed E-state index contributed by atoms with van der Waals surface area (Å²) in [6.45, 7) is 3.42. The first kappa shape index (κ1) is 9.45. The summed E-state index contributed by atoms with van der Waals surface area (Å²) < 4.78 is 0. The predicted octanol–water partition coefficient (Wildman–Crippen LogP) is 1.52. The van der Waals surface area contributed by atoms with Crippen LogP contribution in [0.3, 0.4) is 0 Å². The number of hydrogen-bond donors (Lipinski definition) is 1. The van der Waals surface area contributed by atoms with Crippen LogP contribution in [0.1, 0.15) is 24.2 Å². The maximum absolute atomic E-state index is 11.6. The molecule has 0 atom stereocenters. The van der Waals surface area contributed by atoms with E-state index < -0.39 is 0 Å². The monoisotopic (exact) mass is 176 g/mol. The normalized spacial score (nSPS) is 12.2. The highest BCUT2D eigenvalue weighted by atomic mass is 16.1. The number of carbonyl (C=O) groups excluding carboxylic acids is 1. The van der Waals surface area contributed by atoms with Crippen molar-refractivity contribution in [3.05, 3.63) is 41.4 Å². The van der Waals surface area contributed by atoms with Crippen molar-refractivity contribution in [2.75, 3.05) is 0 Å². The average molecular weight is 176 g/mol. The molecule has 0 fully saturated rings. The molecule has 1 aromatic rings. The molecule has 1 aromatic heterocycles. The van der Waals surface area contributed by atoms with Crippen LogP contribution >= 0.6 is 0 Å². The van der Waals surface area contributed by atoms with Crippen molar-refractivity contribution >= 4 is 5.78 Å². The number of Topliss-reactive ketones (excluding diaryl/α,β-unsaturated/α-hetero) is 1. The van der Waals surface area contributed by atoms with Crippen LogP contribution in [0.4, 0.5) is 0 Å². The Hall–Kier alpha value is -1.64. The van der Waals surface area contributed by atoms with Crippen LogP contribution < -0.4 is 5.73 Å². The summed E-state index contributed by atoms with van der Waals surface area (Å²) in [6, 6.07) is 3.45. The lowest BCUT2D eigenvalue weighted by molar-refractivity contribution is 0.103. The van der Waals surface area contributed by atoms with Gasteiger partial charge >= 0.3 is 0 Å². The zero-order valence-corrected chi connectivity index (χ0v) is 7.74. The summed E-state index contributed by atoms with van der Waals surface area (Å²) in [6.07, 6.45) is 3.17. The summed E-state index contributed by atoms with van der Waals surface area (Å²) in [7, 11) is 0. The fourth-order valence-corrected chi connectivity index (χ4v) is 0.893. The first-order chi connectivity index (χ1) is 6.13. The predicted molar refractivity (Wildman–Crippen MR) is 51.1 cm³/mol. The summed E-state index contributed by atoms with van der Waals surface area (Å²) in [5, 5.41) is 0. The van der Waals surface area contributed by atoms with E-state index in [2.05, 4.69) is 4.98 Å². The van der Waals surface area contributed by atoms with E-state index in [1.165, 1.54) is 6.20 Å². The fraction of sp³-hybridized carbons (Fsp3) is 0.200. The van der Waals surface area contributed by atoms with Crippen LogP contribution in [-0.2, 0) is 0 Å². The van der Waals surface area contributed by atoms with Crippen LogP contribution in [0.5, 0.6) is 0 Å². The molecule has 0 aromatic carbocycles. The van der Waals surface area contributed by atoms with E-state index >= 15 is 0 Å². The maximum Gasteiger partial charge on any atom is 0.191 e. The fourth-order valence-electron chi connectivity index (χ4n) is 0.893. The van der Waals surface area contributed by atoms with Gasteiger partial charge in [0.15, 0.2) is 5.78 Å². The minimum absolute atomic E-state index is 0.0619. The van der Waals surface area contributed by atoms with E-state index in [4.69, 9.17) is 5.73 Å². The molecule has 0 amide bonds. The van der Waals surface area contributed by atoms with Crippen LogP contribution in [0.25, 0.3) is 0 Å². The van der Waals surface area contributed by atoms with Gasteiger partial charge in [-0.25, -0.2) is 0 Å². The van der Waals surface area contributed by atoms with Gasteiger partial charge < -0.3 is 5.73 Å². The molecule has 0 aliphatic heterocycles. The highest BCUT2D eigenvalue weighted by Gasteiger charge is 2.08. The summed E-state index contributed by atoms with van der Waals surface area (Å²) in [5.41, 5.74) is 7.21. The minimum Gasteiger partial charge on any atom is -0.402 e. The molecule has 1 rings (SSSR count). The van der Waals surface area contributed by atoms with Crippen molar-refractivity contribution in [1.82, 2.24) is 4.98 Å². The van der Waals surface area contributed by atoms with Crippen molar-refractivity contribution < 1.29 is 4.79 Å². The van der Waals surface area contributed by atoms with E-state index in [0.717, 1.165) is 0 Å². The molecule has 0 saturated heterocycles. The van der Waals surface area contributed by atoms with Crippen LogP contribution in [0.15, 0.2) is 35.8 Å². The van der Waals surface area contributed by atoms with Crippen LogP contribution in [0.2, 0.25) is 0 Å². The van der Waals surface area contributed by atoms with E-state index in [1.54, 1.807) is 32.2 Å². The number of pyridine rings is 1. The Morgan fingerprint density at radius 1 is 1.46 bits per heavy atom. The number of nitrogens with two attached hydrogens (primary N) is 1. The molecule has 3 nitrogen and oxygen atoms in total. The first-order valence-corrected chi connectivity index (χ1v) is 4.00. The third-order valence-corrected chi connectivity index (χ3v) is 1.86. The molecule has 13 heavy (non-hydrogen) atoms. The molecule has 2 N–H and O–H groups in total. The summed E-state index contributed by atoms with van der Waals surface area (Å²) in [5.74, 6) is -0.0619. The van der Waals surface area contributed by atoms with E-state index in [0.29, 0.717) is 16.8 Å². The quantitative estimate of drug-likeness (QED) is 0.549. The lowest BCUT2D eigenvalue weighted by atomic mass is 10.1. The van der Waals surface area contributed by atoms with Gasteiger partial charge in [0.25, 0.3) is 0 Å². The molecule has 3 heteroatoms. The number of aromatic nitrogens is 1. The summed E-state index contributed by atoms with van der Waals surface area (Å²) >= 11 is 0. The van der Waals surface area contributed by atoms with Gasteiger partial charge in [0.05, 0.1) is 0 Å². The maximum atomic E-state index is 11.6. The van der Waals surface area contributed by atoms with Gasteiger partial charge in [0.1, 0.15) is 0 Å². The Kier molecular flexibility index (Phi) is 2.80. The molecular formula is C10H12N2O. The van der Waals surface area contributed by atoms with Crippen molar-refractivity contribution in [1.29, 1.82) is 0 Å². The van der Waals surface area contributed by atoms with Gasteiger partial charge in [-0.2, -0.15) is 0 Å². The average Bonchev–Trinajstić information content (AvgIpc) is 2.17.